The number of hydrogen-bond acceptors (Lipinski definition) is 6. The second-order valence-corrected chi connectivity index (χ2v) is 7.41. The van der Waals surface area contributed by atoms with E-state index in [1.165, 1.54) is 42.5 Å². The molecule has 1 N–H and O–H groups in total. The van der Waals surface area contributed by atoms with E-state index in [1.54, 1.807) is 6.92 Å². The highest BCUT2D eigenvalue weighted by Gasteiger charge is 2.22. The number of benzene rings is 1. The van der Waals surface area contributed by atoms with E-state index in [4.69, 9.17) is 9.47 Å². The van der Waals surface area contributed by atoms with Gasteiger partial charge in [0, 0.05) is 4.88 Å². The molecule has 142 valence electrons. The third kappa shape index (κ3) is 4.00. The predicted molar refractivity (Wildman–Crippen MR) is 101 cm³/mol. The van der Waals surface area contributed by atoms with Gasteiger partial charge in [0.1, 0.15) is 16.4 Å². The number of halogens is 1. The molecule has 2 aromatic heterocycles. The van der Waals surface area contributed by atoms with Gasteiger partial charge >= 0.3 is 5.97 Å². The summed E-state index contributed by atoms with van der Waals surface area (Å²) < 4.78 is 23.7. The number of carbonyl (C=O) groups excluding carboxylic acids is 1. The van der Waals surface area contributed by atoms with Crippen LogP contribution in [0.2, 0.25) is 0 Å². The van der Waals surface area contributed by atoms with Crippen LogP contribution in [0.15, 0.2) is 29.1 Å². The highest BCUT2D eigenvalue weighted by atomic mass is 32.1. The van der Waals surface area contributed by atoms with Gasteiger partial charge in [-0.05, 0) is 57.5 Å². The summed E-state index contributed by atoms with van der Waals surface area (Å²) in [6.07, 6.45) is -1.66. The third-order valence-electron chi connectivity index (χ3n) is 4.19. The van der Waals surface area contributed by atoms with Crippen molar-refractivity contribution in [2.24, 2.45) is 0 Å². The first kappa shape index (κ1) is 19.0. The number of aromatic amines is 1. The van der Waals surface area contributed by atoms with Crippen LogP contribution < -0.4 is 10.3 Å². The lowest BCUT2D eigenvalue weighted by Crippen LogP contribution is -2.28. The summed E-state index contributed by atoms with van der Waals surface area (Å²) >= 11 is 1.43. The molecule has 8 heteroatoms. The number of fused-ring (bicyclic) bond motifs is 1. The molecule has 3 aromatic rings. The molecule has 0 aliphatic carbocycles. The molecule has 0 amide bonds. The van der Waals surface area contributed by atoms with Gasteiger partial charge in [0.05, 0.1) is 5.39 Å². The van der Waals surface area contributed by atoms with Crippen molar-refractivity contribution in [3.8, 4) is 5.75 Å². The Morgan fingerprint density at radius 2 is 1.89 bits per heavy atom. The molecule has 0 aliphatic heterocycles. The molecule has 2 heterocycles. The zero-order valence-corrected chi connectivity index (χ0v) is 16.1. The molecule has 0 radical (unpaired) electrons. The van der Waals surface area contributed by atoms with E-state index in [1.807, 2.05) is 13.8 Å². The maximum absolute atomic E-state index is 12.9. The van der Waals surface area contributed by atoms with Gasteiger partial charge in [0.25, 0.3) is 5.56 Å². The van der Waals surface area contributed by atoms with Crippen LogP contribution >= 0.6 is 11.3 Å². The molecule has 0 bridgehead atoms. The first-order valence-corrected chi connectivity index (χ1v) is 9.20. The van der Waals surface area contributed by atoms with Gasteiger partial charge in [0.15, 0.2) is 18.0 Å². The number of thiophene rings is 1. The van der Waals surface area contributed by atoms with Crippen molar-refractivity contribution in [3.63, 3.8) is 0 Å². The molecule has 3 rings (SSSR count). The minimum atomic E-state index is -0.903. The summed E-state index contributed by atoms with van der Waals surface area (Å²) in [5.74, 6) is -0.383. The number of nitrogens with one attached hydrogen (secondary N) is 1. The van der Waals surface area contributed by atoms with Crippen LogP contribution in [0.1, 0.15) is 36.2 Å². The molecule has 0 unspecified atom stereocenters. The average molecular weight is 390 g/mol. The van der Waals surface area contributed by atoms with Gasteiger partial charge in [-0.3, -0.25) is 4.79 Å². The van der Waals surface area contributed by atoms with Crippen molar-refractivity contribution in [2.75, 3.05) is 0 Å². The lowest BCUT2D eigenvalue weighted by molar-refractivity contribution is -0.156. The molecule has 0 spiro atoms. The van der Waals surface area contributed by atoms with Crippen molar-refractivity contribution in [1.29, 1.82) is 0 Å². The van der Waals surface area contributed by atoms with Crippen molar-refractivity contribution >= 4 is 27.5 Å². The maximum atomic E-state index is 12.9. The number of rotatable bonds is 5. The van der Waals surface area contributed by atoms with Crippen molar-refractivity contribution in [1.82, 2.24) is 9.97 Å². The predicted octanol–water partition coefficient (Wildman–Crippen LogP) is 3.81. The fourth-order valence-electron chi connectivity index (χ4n) is 2.56. The summed E-state index contributed by atoms with van der Waals surface area (Å²) in [5.41, 5.74) is 0.650. The number of esters is 1. The molecule has 2 atom stereocenters. The normalized spacial score (nSPS) is 13.4. The number of ether oxygens (including phenoxy) is 2. The summed E-state index contributed by atoms with van der Waals surface area (Å²) in [7, 11) is 0. The molecular formula is C19H19FN2O4S. The second kappa shape index (κ2) is 7.48. The van der Waals surface area contributed by atoms with Crippen molar-refractivity contribution in [2.45, 2.75) is 39.9 Å². The van der Waals surface area contributed by atoms with Crippen LogP contribution in [-0.4, -0.2) is 22.0 Å². The van der Waals surface area contributed by atoms with E-state index in [0.29, 0.717) is 16.0 Å². The Balaban J connectivity index is 1.73. The van der Waals surface area contributed by atoms with Crippen LogP contribution in [0.4, 0.5) is 4.39 Å². The number of H-pyrrole nitrogens is 1. The van der Waals surface area contributed by atoms with Crippen LogP contribution in [0.5, 0.6) is 5.75 Å². The van der Waals surface area contributed by atoms with E-state index < -0.39 is 24.0 Å². The van der Waals surface area contributed by atoms with Crippen LogP contribution in [0.3, 0.4) is 0 Å². The van der Waals surface area contributed by atoms with Crippen LogP contribution in [-0.2, 0) is 9.53 Å². The molecule has 27 heavy (non-hydrogen) atoms. The van der Waals surface area contributed by atoms with Crippen molar-refractivity contribution in [3.05, 3.63) is 56.7 Å². The Bertz CT molecular complexity index is 1040. The Hall–Kier alpha value is -2.74. The molecule has 0 saturated carbocycles. The van der Waals surface area contributed by atoms with Gasteiger partial charge < -0.3 is 14.5 Å². The van der Waals surface area contributed by atoms with E-state index in [-0.39, 0.29) is 11.4 Å². The first-order valence-electron chi connectivity index (χ1n) is 8.39. The Labute approximate surface area is 159 Å². The standard InChI is InChI=1S/C19H19FN2O4S/c1-9-12(4)27-18-15(9)17(23)21-16(22-18)10(2)26-19(24)11(3)25-14-7-5-13(20)6-8-14/h5-8,10-11H,1-4H3,(H,21,22,23)/t10-,11-/m0/s1. The minimum Gasteiger partial charge on any atom is -0.479 e. The van der Waals surface area contributed by atoms with Gasteiger partial charge in [-0.15, -0.1) is 11.3 Å². The SMILES string of the molecule is Cc1sc2nc([C@H](C)OC(=O)[C@H](C)Oc3ccc(F)cc3)[nH]c(=O)c2c1C. The number of aromatic nitrogens is 2. The molecular weight excluding hydrogens is 371 g/mol. The lowest BCUT2D eigenvalue weighted by atomic mass is 10.2. The maximum Gasteiger partial charge on any atom is 0.347 e. The van der Waals surface area contributed by atoms with Gasteiger partial charge in [0.2, 0.25) is 0 Å². The Morgan fingerprint density at radius 3 is 2.56 bits per heavy atom. The highest BCUT2D eigenvalue weighted by Crippen LogP contribution is 2.27. The highest BCUT2D eigenvalue weighted by molar-refractivity contribution is 7.18. The third-order valence-corrected chi connectivity index (χ3v) is 5.29. The number of carbonyl (C=O) groups is 1. The summed E-state index contributed by atoms with van der Waals surface area (Å²) in [6, 6.07) is 5.34. The summed E-state index contributed by atoms with van der Waals surface area (Å²) in [4.78, 5) is 33.4. The van der Waals surface area contributed by atoms with Gasteiger partial charge in [-0.1, -0.05) is 0 Å². The van der Waals surface area contributed by atoms with Crippen molar-refractivity contribution < 1.29 is 18.7 Å². The second-order valence-electron chi connectivity index (χ2n) is 6.21. The van der Waals surface area contributed by atoms with Crippen LogP contribution in [0, 0.1) is 19.7 Å². The minimum absolute atomic E-state index is 0.254. The monoisotopic (exact) mass is 390 g/mol. The lowest BCUT2D eigenvalue weighted by Gasteiger charge is -2.17. The zero-order chi connectivity index (χ0) is 19.7. The fraction of sp³-hybridized carbons (Fsp3) is 0.316. The smallest absolute Gasteiger partial charge is 0.347 e. The van der Waals surface area contributed by atoms with E-state index >= 15 is 0 Å². The zero-order valence-electron chi connectivity index (χ0n) is 15.3. The molecule has 0 saturated heterocycles. The number of aryl methyl sites for hydroxylation is 2. The molecule has 0 fully saturated rings. The summed E-state index contributed by atoms with van der Waals surface area (Å²) in [5, 5.41) is 0.563. The molecule has 6 nitrogen and oxygen atoms in total. The summed E-state index contributed by atoms with van der Waals surface area (Å²) in [6.45, 7) is 6.96. The Kier molecular flexibility index (Phi) is 5.27. The van der Waals surface area contributed by atoms with E-state index in [0.717, 1.165) is 10.4 Å². The first-order chi connectivity index (χ1) is 12.8. The largest absolute Gasteiger partial charge is 0.479 e. The quantitative estimate of drug-likeness (QED) is 0.670. The molecule has 0 aliphatic rings. The van der Waals surface area contributed by atoms with E-state index in [9.17, 15) is 14.0 Å². The number of nitrogens with zero attached hydrogens (tertiary/aromatic N) is 1. The topological polar surface area (TPSA) is 81.3 Å². The van der Waals surface area contributed by atoms with Crippen LogP contribution in [0.25, 0.3) is 10.2 Å². The average Bonchev–Trinajstić information content (AvgIpc) is 2.91. The number of hydrogen-bond donors (Lipinski definition) is 1. The van der Waals surface area contributed by atoms with Gasteiger partial charge in [-0.25, -0.2) is 14.2 Å². The van der Waals surface area contributed by atoms with E-state index in [2.05, 4.69) is 9.97 Å². The fourth-order valence-corrected chi connectivity index (χ4v) is 3.59. The van der Waals surface area contributed by atoms with Gasteiger partial charge in [-0.2, -0.15) is 0 Å². The Morgan fingerprint density at radius 1 is 1.22 bits per heavy atom. The molecule has 1 aromatic carbocycles.